The number of hydrogen-bond donors (Lipinski definition) is 0. The molecule has 0 aliphatic rings. The highest BCUT2D eigenvalue weighted by Gasteiger charge is 2.19. The van der Waals surface area contributed by atoms with Crippen LogP contribution in [0.25, 0.3) is 0 Å². The van der Waals surface area contributed by atoms with Crippen LogP contribution < -0.4 is 0 Å². The number of unbranched alkanes of at least 4 members (excludes halogenated alkanes) is 21. The number of ether oxygens (including phenoxy) is 3. The number of esters is 3. The number of rotatable bonds is 50. The van der Waals surface area contributed by atoms with Crippen LogP contribution >= 0.6 is 0 Å². The van der Waals surface area contributed by atoms with Crippen molar-refractivity contribution < 1.29 is 28.6 Å². The second kappa shape index (κ2) is 56.7. The third-order valence-electron chi connectivity index (χ3n) is 11.7. The Morgan fingerprint density at radius 1 is 0.304 bits per heavy atom. The molecule has 6 nitrogen and oxygen atoms in total. The van der Waals surface area contributed by atoms with Gasteiger partial charge >= 0.3 is 17.9 Å². The van der Waals surface area contributed by atoms with Gasteiger partial charge in [0.25, 0.3) is 0 Å². The molecule has 0 aliphatic carbocycles. The predicted octanol–water partition coefficient (Wildman–Crippen LogP) is 19.1. The highest BCUT2D eigenvalue weighted by molar-refractivity contribution is 5.71. The van der Waals surface area contributed by atoms with Crippen LogP contribution in [-0.2, 0) is 28.6 Å². The van der Waals surface area contributed by atoms with Crippen LogP contribution in [0.3, 0.4) is 0 Å². The second-order valence-electron chi connectivity index (χ2n) is 18.5. The number of carbonyl (C=O) groups excluding carboxylic acids is 3. The minimum absolute atomic E-state index is 0.106. The molecule has 69 heavy (non-hydrogen) atoms. The molecule has 0 N–H and O–H groups in total. The quantitative estimate of drug-likeness (QED) is 0.0262. The maximum absolute atomic E-state index is 12.9. The van der Waals surface area contributed by atoms with Crippen molar-refractivity contribution in [2.45, 2.75) is 258 Å². The van der Waals surface area contributed by atoms with Gasteiger partial charge in [-0.1, -0.05) is 214 Å². The largest absolute Gasteiger partial charge is 0.462 e. The Morgan fingerprint density at radius 2 is 0.565 bits per heavy atom. The third-order valence-corrected chi connectivity index (χ3v) is 11.7. The molecule has 0 aromatic carbocycles. The van der Waals surface area contributed by atoms with Gasteiger partial charge in [-0.15, -0.1) is 0 Å². The van der Waals surface area contributed by atoms with Gasteiger partial charge in [0.05, 0.1) is 0 Å². The van der Waals surface area contributed by atoms with Crippen molar-refractivity contribution in [3.8, 4) is 0 Å². The van der Waals surface area contributed by atoms with E-state index in [1.807, 2.05) is 0 Å². The molecule has 0 aromatic rings. The van der Waals surface area contributed by atoms with Crippen molar-refractivity contribution in [3.63, 3.8) is 0 Å². The summed E-state index contributed by atoms with van der Waals surface area (Å²) in [5.41, 5.74) is 0. The zero-order valence-corrected chi connectivity index (χ0v) is 44.8. The molecular weight excluding hydrogens is 853 g/mol. The number of hydrogen-bond acceptors (Lipinski definition) is 6. The molecule has 0 rings (SSSR count). The van der Waals surface area contributed by atoms with Gasteiger partial charge in [0.1, 0.15) is 13.2 Å². The average molecular weight is 958 g/mol. The molecular formula is C63H104O6. The van der Waals surface area contributed by atoms with E-state index in [-0.39, 0.29) is 31.1 Å². The van der Waals surface area contributed by atoms with Crippen LogP contribution in [0.1, 0.15) is 252 Å². The second-order valence-corrected chi connectivity index (χ2v) is 18.5. The lowest BCUT2D eigenvalue weighted by Gasteiger charge is -2.18. The Bertz CT molecular complexity index is 1420. The van der Waals surface area contributed by atoms with Crippen molar-refractivity contribution in [2.75, 3.05) is 13.2 Å². The lowest BCUT2D eigenvalue weighted by atomic mass is 10.1. The first-order valence-corrected chi connectivity index (χ1v) is 28.4. The highest BCUT2D eigenvalue weighted by atomic mass is 16.6. The van der Waals surface area contributed by atoms with Gasteiger partial charge in [-0.25, -0.2) is 0 Å². The summed E-state index contributed by atoms with van der Waals surface area (Å²) in [5.74, 6) is -0.971. The summed E-state index contributed by atoms with van der Waals surface area (Å²) < 4.78 is 16.8. The Hall–Kier alpha value is -3.93. The molecule has 6 heteroatoms. The minimum atomic E-state index is -0.809. The fraction of sp³-hybridized carbons (Fsp3) is 0.667. The minimum Gasteiger partial charge on any atom is -0.462 e. The highest BCUT2D eigenvalue weighted by Crippen LogP contribution is 2.14. The van der Waals surface area contributed by atoms with E-state index in [0.29, 0.717) is 19.3 Å². The summed E-state index contributed by atoms with van der Waals surface area (Å²) >= 11 is 0. The van der Waals surface area contributed by atoms with Crippen LogP contribution in [-0.4, -0.2) is 37.2 Å². The van der Waals surface area contributed by atoms with E-state index in [1.54, 1.807) is 0 Å². The van der Waals surface area contributed by atoms with Gasteiger partial charge in [-0.2, -0.15) is 0 Å². The molecule has 0 aliphatic heterocycles. The summed E-state index contributed by atoms with van der Waals surface area (Å²) in [5, 5.41) is 0. The van der Waals surface area contributed by atoms with Crippen LogP contribution in [0.5, 0.6) is 0 Å². The third kappa shape index (κ3) is 54.9. The van der Waals surface area contributed by atoms with Crippen molar-refractivity contribution in [3.05, 3.63) is 109 Å². The summed E-state index contributed by atoms with van der Waals surface area (Å²) in [6, 6.07) is 0. The Labute approximate surface area is 425 Å². The van der Waals surface area contributed by atoms with Crippen molar-refractivity contribution in [2.24, 2.45) is 0 Å². The first-order chi connectivity index (χ1) is 34.0. The normalized spacial score (nSPS) is 12.9. The lowest BCUT2D eigenvalue weighted by Crippen LogP contribution is -2.30. The van der Waals surface area contributed by atoms with E-state index in [9.17, 15) is 14.4 Å². The first-order valence-electron chi connectivity index (χ1n) is 28.4. The van der Waals surface area contributed by atoms with E-state index in [2.05, 4.69) is 130 Å². The molecule has 0 bridgehead atoms. The van der Waals surface area contributed by atoms with Gasteiger partial charge in [-0.05, 0) is 128 Å². The number of allylic oxidation sites excluding steroid dienone is 18. The zero-order chi connectivity index (χ0) is 50.0. The van der Waals surface area contributed by atoms with Gasteiger partial charge < -0.3 is 14.2 Å². The van der Waals surface area contributed by atoms with E-state index < -0.39 is 6.10 Å². The fourth-order valence-corrected chi connectivity index (χ4v) is 7.47. The molecule has 0 spiro atoms. The Kier molecular flexibility index (Phi) is 53.4. The zero-order valence-electron chi connectivity index (χ0n) is 44.8. The van der Waals surface area contributed by atoms with E-state index in [0.717, 1.165) is 116 Å². The van der Waals surface area contributed by atoms with E-state index in [1.165, 1.54) is 96.3 Å². The monoisotopic (exact) mass is 957 g/mol. The van der Waals surface area contributed by atoms with Gasteiger partial charge in [0, 0.05) is 19.3 Å². The smallest absolute Gasteiger partial charge is 0.306 e. The lowest BCUT2D eigenvalue weighted by molar-refractivity contribution is -0.167. The standard InChI is InChI=1S/C63H104O6/c1-4-7-10-13-16-19-22-25-28-30-31-33-36-39-42-45-48-51-54-57-63(66)69-60(58-67-61(64)55-52-49-46-43-40-37-34-27-24-21-18-15-12-9-6-3)59-68-62(65)56-53-50-47-44-41-38-35-32-29-26-23-20-17-14-11-8-5-2/h8,11,16-21,25-29,34-35,38,40,43,60H,4-7,9-10,12-15,22-24,30-33,36-37,39,41-42,44-59H2,1-3H3/b11-8-,19-16-,20-17-,21-18-,28-25-,29-26-,34-27-,38-35-,43-40-/t60-/m0/s1. The van der Waals surface area contributed by atoms with E-state index >= 15 is 0 Å². The Morgan fingerprint density at radius 3 is 0.913 bits per heavy atom. The van der Waals surface area contributed by atoms with Gasteiger partial charge in [0.2, 0.25) is 0 Å². The molecule has 0 unspecified atom stereocenters. The summed E-state index contributed by atoms with van der Waals surface area (Å²) in [6.45, 7) is 6.42. The SMILES string of the molecule is CC/C=C\C/C=C\C/C=C\C/C=C\CCCCCCC(=O)OC[C@H](COC(=O)CCCC/C=C\C/C=C\C/C=C\CCCCC)OC(=O)CCCCCCCCCCC/C=C\C/C=C\CCCCC. The molecule has 0 radical (unpaired) electrons. The maximum atomic E-state index is 12.9. The predicted molar refractivity (Wildman–Crippen MR) is 297 cm³/mol. The maximum Gasteiger partial charge on any atom is 0.306 e. The van der Waals surface area contributed by atoms with Crippen molar-refractivity contribution >= 4 is 17.9 Å². The van der Waals surface area contributed by atoms with Crippen LogP contribution in [0.4, 0.5) is 0 Å². The first kappa shape index (κ1) is 65.1. The van der Waals surface area contributed by atoms with Crippen LogP contribution in [0.2, 0.25) is 0 Å². The summed E-state index contributed by atoms with van der Waals surface area (Å²) in [7, 11) is 0. The van der Waals surface area contributed by atoms with E-state index in [4.69, 9.17) is 14.2 Å². The summed E-state index contributed by atoms with van der Waals surface area (Å²) in [6.07, 6.45) is 76.4. The van der Waals surface area contributed by atoms with Gasteiger partial charge in [0.15, 0.2) is 6.10 Å². The average Bonchev–Trinajstić information content (AvgIpc) is 3.35. The van der Waals surface area contributed by atoms with Crippen molar-refractivity contribution in [1.29, 1.82) is 0 Å². The topological polar surface area (TPSA) is 78.9 Å². The number of carbonyl (C=O) groups is 3. The van der Waals surface area contributed by atoms with Crippen molar-refractivity contribution in [1.82, 2.24) is 0 Å². The Balaban J connectivity index is 4.49. The molecule has 0 saturated carbocycles. The molecule has 0 fully saturated rings. The van der Waals surface area contributed by atoms with Crippen LogP contribution in [0.15, 0.2) is 109 Å². The molecule has 0 aromatic heterocycles. The molecule has 1 atom stereocenters. The molecule has 0 amide bonds. The molecule has 0 heterocycles. The van der Waals surface area contributed by atoms with Gasteiger partial charge in [-0.3, -0.25) is 14.4 Å². The summed E-state index contributed by atoms with van der Waals surface area (Å²) in [4.78, 5) is 38.1. The fourth-order valence-electron chi connectivity index (χ4n) is 7.47. The van der Waals surface area contributed by atoms with Crippen LogP contribution in [0, 0.1) is 0 Å². The molecule has 0 saturated heterocycles. The molecule has 392 valence electrons.